The third-order valence-corrected chi connectivity index (χ3v) is 5.05. The lowest BCUT2D eigenvalue weighted by Crippen LogP contribution is -2.42. The van der Waals surface area contributed by atoms with Gasteiger partial charge < -0.3 is 10.1 Å². The van der Waals surface area contributed by atoms with Gasteiger partial charge in [0, 0.05) is 24.9 Å². The molecule has 1 aliphatic rings. The summed E-state index contributed by atoms with van der Waals surface area (Å²) < 4.78 is 5.88. The molecule has 2 heterocycles. The normalized spacial score (nSPS) is 19.4. The average Bonchev–Trinajstić information content (AvgIpc) is 2.75. The Hall–Kier alpha value is -2.98. The van der Waals surface area contributed by atoms with E-state index in [9.17, 15) is 4.79 Å². The molecule has 4 nitrogen and oxygen atoms in total. The minimum absolute atomic E-state index is 0.159. The molecule has 4 heteroatoms. The van der Waals surface area contributed by atoms with Crippen molar-refractivity contribution in [2.45, 2.75) is 18.4 Å². The predicted octanol–water partition coefficient (Wildman–Crippen LogP) is 4.05. The van der Waals surface area contributed by atoms with Gasteiger partial charge in [-0.1, -0.05) is 42.5 Å². The number of hydrogen-bond donors (Lipinski definition) is 1. The zero-order valence-electron chi connectivity index (χ0n) is 15.0. The van der Waals surface area contributed by atoms with Crippen LogP contribution >= 0.6 is 0 Å². The number of carbonyl (C=O) groups is 1. The summed E-state index contributed by atoms with van der Waals surface area (Å²) in [5.41, 5.74) is 3.93. The molecule has 0 bridgehead atoms. The highest BCUT2D eigenvalue weighted by molar-refractivity contribution is 5.90. The highest BCUT2D eigenvalue weighted by Crippen LogP contribution is 2.28. The zero-order chi connectivity index (χ0) is 18.5. The Kier molecular flexibility index (Phi) is 5.26. The SMILES string of the molecule is O=C(O[C@@H]1CNCC[C@H]1c1ccccc1)c1ccc(-c2ccncc2)cc1. The van der Waals surface area contributed by atoms with Gasteiger partial charge in [0.25, 0.3) is 0 Å². The van der Waals surface area contributed by atoms with E-state index < -0.39 is 0 Å². The number of pyridine rings is 1. The first-order chi connectivity index (χ1) is 13.3. The van der Waals surface area contributed by atoms with E-state index in [1.54, 1.807) is 12.4 Å². The van der Waals surface area contributed by atoms with Gasteiger partial charge in [-0.15, -0.1) is 0 Å². The predicted molar refractivity (Wildman–Crippen MR) is 106 cm³/mol. The molecule has 0 radical (unpaired) electrons. The summed E-state index contributed by atoms with van der Waals surface area (Å²) in [6.07, 6.45) is 4.32. The highest BCUT2D eigenvalue weighted by Gasteiger charge is 2.29. The van der Waals surface area contributed by atoms with Crippen LogP contribution in [-0.4, -0.2) is 30.1 Å². The summed E-state index contributed by atoms with van der Waals surface area (Å²) in [6, 6.07) is 21.7. The smallest absolute Gasteiger partial charge is 0.338 e. The molecular weight excluding hydrogens is 336 g/mol. The number of aromatic nitrogens is 1. The fourth-order valence-corrected chi connectivity index (χ4v) is 3.58. The Morgan fingerprint density at radius 3 is 2.37 bits per heavy atom. The van der Waals surface area contributed by atoms with Crippen molar-refractivity contribution < 1.29 is 9.53 Å². The molecule has 0 saturated carbocycles. The molecule has 1 aliphatic heterocycles. The monoisotopic (exact) mass is 358 g/mol. The molecule has 27 heavy (non-hydrogen) atoms. The number of nitrogens with zero attached hydrogens (tertiary/aromatic N) is 1. The Morgan fingerprint density at radius 1 is 0.926 bits per heavy atom. The fourth-order valence-electron chi connectivity index (χ4n) is 3.58. The van der Waals surface area contributed by atoms with E-state index in [0.717, 1.165) is 24.1 Å². The molecule has 1 aromatic heterocycles. The van der Waals surface area contributed by atoms with E-state index in [1.807, 2.05) is 54.6 Å². The standard InChI is InChI=1S/C23H22N2O2/c26-23(20-8-6-17(7-9-20)18-10-13-24-14-11-18)27-22-16-25-15-12-21(22)19-4-2-1-3-5-19/h1-11,13-14,21-22,25H,12,15-16H2/t21-,22+/m0/s1. The molecular formula is C23H22N2O2. The van der Waals surface area contributed by atoms with Crippen molar-refractivity contribution in [3.05, 3.63) is 90.3 Å². The molecule has 0 unspecified atom stereocenters. The average molecular weight is 358 g/mol. The number of benzene rings is 2. The minimum atomic E-state index is -0.272. The van der Waals surface area contributed by atoms with Gasteiger partial charge in [0.2, 0.25) is 0 Å². The Labute approximate surface area is 159 Å². The van der Waals surface area contributed by atoms with Gasteiger partial charge in [0.1, 0.15) is 6.10 Å². The van der Waals surface area contributed by atoms with Gasteiger partial charge in [-0.3, -0.25) is 4.98 Å². The Bertz CT molecular complexity index is 879. The molecule has 136 valence electrons. The second kappa shape index (κ2) is 8.14. The molecule has 0 spiro atoms. The van der Waals surface area contributed by atoms with Crippen LogP contribution in [0.1, 0.15) is 28.3 Å². The van der Waals surface area contributed by atoms with Gasteiger partial charge >= 0.3 is 5.97 Å². The van der Waals surface area contributed by atoms with E-state index in [4.69, 9.17) is 4.74 Å². The van der Waals surface area contributed by atoms with Crippen LogP contribution in [0.4, 0.5) is 0 Å². The number of ether oxygens (including phenoxy) is 1. The van der Waals surface area contributed by atoms with Crippen LogP contribution in [-0.2, 0) is 4.74 Å². The van der Waals surface area contributed by atoms with Crippen LogP contribution < -0.4 is 5.32 Å². The molecule has 3 aromatic rings. The Balaban J connectivity index is 1.47. The maximum atomic E-state index is 12.7. The molecule has 1 N–H and O–H groups in total. The van der Waals surface area contributed by atoms with Gasteiger partial charge in [-0.2, -0.15) is 0 Å². The van der Waals surface area contributed by atoms with Crippen LogP contribution in [0.5, 0.6) is 0 Å². The summed E-state index contributed by atoms with van der Waals surface area (Å²) >= 11 is 0. The third-order valence-electron chi connectivity index (χ3n) is 5.05. The van der Waals surface area contributed by atoms with Crippen molar-refractivity contribution in [1.82, 2.24) is 10.3 Å². The number of carbonyl (C=O) groups excluding carboxylic acids is 1. The number of esters is 1. The number of piperidine rings is 1. The molecule has 0 aliphatic carbocycles. The van der Waals surface area contributed by atoms with Crippen LogP contribution in [0.3, 0.4) is 0 Å². The topological polar surface area (TPSA) is 51.2 Å². The van der Waals surface area contributed by atoms with Crippen molar-refractivity contribution in [2.75, 3.05) is 13.1 Å². The number of rotatable bonds is 4. The van der Waals surface area contributed by atoms with E-state index in [0.29, 0.717) is 12.1 Å². The van der Waals surface area contributed by atoms with Crippen molar-refractivity contribution in [3.63, 3.8) is 0 Å². The summed E-state index contributed by atoms with van der Waals surface area (Å²) in [7, 11) is 0. The summed E-state index contributed by atoms with van der Waals surface area (Å²) in [5.74, 6) is -0.0431. The van der Waals surface area contributed by atoms with Gasteiger partial charge in [-0.25, -0.2) is 4.79 Å². The van der Waals surface area contributed by atoms with Gasteiger partial charge in [-0.05, 0) is 53.9 Å². The molecule has 1 fully saturated rings. The number of hydrogen-bond acceptors (Lipinski definition) is 4. The van der Waals surface area contributed by atoms with Gasteiger partial charge in [0.15, 0.2) is 0 Å². The lowest BCUT2D eigenvalue weighted by atomic mass is 9.88. The quantitative estimate of drug-likeness (QED) is 0.715. The second-order valence-corrected chi connectivity index (χ2v) is 6.77. The lowest BCUT2D eigenvalue weighted by molar-refractivity contribution is 0.0182. The fraction of sp³-hybridized carbons (Fsp3) is 0.217. The van der Waals surface area contributed by atoms with Crippen molar-refractivity contribution in [2.24, 2.45) is 0 Å². The molecule has 1 saturated heterocycles. The van der Waals surface area contributed by atoms with E-state index in [2.05, 4.69) is 22.4 Å². The maximum absolute atomic E-state index is 12.7. The van der Waals surface area contributed by atoms with Crippen LogP contribution in [0.25, 0.3) is 11.1 Å². The highest BCUT2D eigenvalue weighted by atomic mass is 16.5. The zero-order valence-corrected chi connectivity index (χ0v) is 15.0. The van der Waals surface area contributed by atoms with Gasteiger partial charge in [0.05, 0.1) is 5.56 Å². The summed E-state index contributed by atoms with van der Waals surface area (Å²) in [6.45, 7) is 1.62. The molecule has 0 amide bonds. The van der Waals surface area contributed by atoms with Crippen molar-refractivity contribution in [3.8, 4) is 11.1 Å². The van der Waals surface area contributed by atoms with Crippen molar-refractivity contribution >= 4 is 5.97 Å². The Morgan fingerprint density at radius 2 is 1.63 bits per heavy atom. The molecule has 4 rings (SSSR count). The second-order valence-electron chi connectivity index (χ2n) is 6.77. The van der Waals surface area contributed by atoms with Crippen LogP contribution in [0, 0.1) is 0 Å². The molecule has 2 atom stereocenters. The minimum Gasteiger partial charge on any atom is -0.457 e. The third kappa shape index (κ3) is 4.07. The van der Waals surface area contributed by atoms with E-state index in [-0.39, 0.29) is 18.0 Å². The summed E-state index contributed by atoms with van der Waals surface area (Å²) in [4.78, 5) is 16.7. The molecule has 2 aromatic carbocycles. The lowest BCUT2D eigenvalue weighted by Gasteiger charge is -2.32. The first-order valence-corrected chi connectivity index (χ1v) is 9.28. The van der Waals surface area contributed by atoms with E-state index >= 15 is 0 Å². The number of nitrogens with one attached hydrogen (secondary N) is 1. The first kappa shape index (κ1) is 17.4. The summed E-state index contributed by atoms with van der Waals surface area (Å²) in [5, 5.41) is 3.34. The van der Waals surface area contributed by atoms with Crippen molar-refractivity contribution in [1.29, 1.82) is 0 Å². The maximum Gasteiger partial charge on any atom is 0.338 e. The first-order valence-electron chi connectivity index (χ1n) is 9.28. The van der Waals surface area contributed by atoms with Crippen LogP contribution in [0.2, 0.25) is 0 Å². The van der Waals surface area contributed by atoms with Crippen LogP contribution in [0.15, 0.2) is 79.1 Å². The van der Waals surface area contributed by atoms with E-state index in [1.165, 1.54) is 5.56 Å². The largest absolute Gasteiger partial charge is 0.457 e.